The molecule has 2 heteroatoms. The van der Waals surface area contributed by atoms with Crippen LogP contribution in [0.5, 0.6) is 0 Å². The average molecular weight is 184 g/mol. The minimum Gasteiger partial charge on any atom is -0.252 e. The van der Waals surface area contributed by atoms with Crippen LogP contribution in [0.3, 0.4) is 0 Å². The predicted octanol–water partition coefficient (Wildman–Crippen LogP) is 2.41. The molecule has 0 aliphatic heterocycles. The summed E-state index contributed by atoms with van der Waals surface area (Å²) < 4.78 is 0. The van der Waals surface area contributed by atoms with Crippen LogP contribution in [0.2, 0.25) is 0 Å². The number of rotatable bonds is 4. The Kier molecular flexibility index (Phi) is 4.74. The van der Waals surface area contributed by atoms with E-state index in [1.54, 1.807) is 0 Å². The molecule has 0 aromatic rings. The molecule has 0 heterocycles. The fourth-order valence-corrected chi connectivity index (χ4v) is 2.05. The van der Waals surface area contributed by atoms with Crippen LogP contribution in [-0.4, -0.2) is 24.1 Å². The van der Waals surface area contributed by atoms with Crippen LogP contribution in [0.4, 0.5) is 0 Å². The lowest BCUT2D eigenvalue weighted by molar-refractivity contribution is 0.143. The maximum atomic E-state index is 3.61. The van der Waals surface area contributed by atoms with Crippen LogP contribution in [0.1, 0.15) is 46.5 Å². The van der Waals surface area contributed by atoms with E-state index in [0.717, 1.165) is 25.0 Å². The second-order valence-corrected chi connectivity index (χ2v) is 4.26. The molecule has 0 spiro atoms. The fraction of sp³-hybridized carbons (Fsp3) is 1.00. The smallest absolute Gasteiger partial charge is 0.0215 e. The van der Waals surface area contributed by atoms with Gasteiger partial charge in [0.05, 0.1) is 0 Å². The summed E-state index contributed by atoms with van der Waals surface area (Å²) in [6.45, 7) is 9.02. The van der Waals surface area contributed by atoms with Gasteiger partial charge in [-0.15, -0.1) is 0 Å². The van der Waals surface area contributed by atoms with Gasteiger partial charge in [0.15, 0.2) is 0 Å². The highest BCUT2D eigenvalue weighted by molar-refractivity contribution is 4.74. The third kappa shape index (κ3) is 3.65. The molecule has 0 aromatic heterocycles. The van der Waals surface area contributed by atoms with Crippen molar-refractivity contribution in [3.8, 4) is 0 Å². The average Bonchev–Trinajstić information content (AvgIpc) is 2.17. The Morgan fingerprint density at radius 1 is 1.08 bits per heavy atom. The number of nitrogens with zero attached hydrogens (tertiary/aromatic N) is 1. The zero-order valence-corrected chi connectivity index (χ0v) is 9.34. The largest absolute Gasteiger partial charge is 0.252 e. The van der Waals surface area contributed by atoms with Crippen molar-refractivity contribution in [2.24, 2.45) is 5.92 Å². The van der Waals surface area contributed by atoms with Gasteiger partial charge < -0.3 is 0 Å². The molecule has 0 amide bonds. The van der Waals surface area contributed by atoms with Crippen molar-refractivity contribution in [3.05, 3.63) is 0 Å². The first-order valence-electron chi connectivity index (χ1n) is 5.77. The van der Waals surface area contributed by atoms with E-state index >= 15 is 0 Å². The Balaban J connectivity index is 2.21. The molecular formula is C11H24N2. The van der Waals surface area contributed by atoms with Crippen molar-refractivity contribution in [2.45, 2.75) is 52.5 Å². The first-order valence-corrected chi connectivity index (χ1v) is 5.77. The molecular weight excluding hydrogens is 160 g/mol. The van der Waals surface area contributed by atoms with Gasteiger partial charge in [-0.1, -0.05) is 20.8 Å². The molecule has 78 valence electrons. The summed E-state index contributed by atoms with van der Waals surface area (Å²) in [5.41, 5.74) is 3.61. The van der Waals surface area contributed by atoms with Crippen molar-refractivity contribution in [1.82, 2.24) is 10.4 Å². The summed E-state index contributed by atoms with van der Waals surface area (Å²) in [4.78, 5) is 0. The van der Waals surface area contributed by atoms with Crippen molar-refractivity contribution in [2.75, 3.05) is 13.1 Å². The minimum atomic E-state index is 0.746. The SMILES string of the molecule is CCN(CC)NC1CCC(C)CC1. The molecule has 0 atom stereocenters. The van der Waals surface area contributed by atoms with Gasteiger partial charge in [0.25, 0.3) is 0 Å². The third-order valence-electron chi connectivity index (χ3n) is 3.14. The molecule has 0 aromatic carbocycles. The molecule has 2 nitrogen and oxygen atoms in total. The quantitative estimate of drug-likeness (QED) is 0.675. The van der Waals surface area contributed by atoms with Gasteiger partial charge in [-0.05, 0) is 31.6 Å². The van der Waals surface area contributed by atoms with Crippen LogP contribution < -0.4 is 5.43 Å². The Morgan fingerprint density at radius 3 is 2.08 bits per heavy atom. The zero-order valence-electron chi connectivity index (χ0n) is 9.34. The lowest BCUT2D eigenvalue weighted by Crippen LogP contribution is -2.45. The molecule has 1 rings (SSSR count). The molecule has 0 unspecified atom stereocenters. The lowest BCUT2D eigenvalue weighted by atomic mass is 9.88. The zero-order chi connectivity index (χ0) is 9.68. The van der Waals surface area contributed by atoms with E-state index in [1.807, 2.05) is 0 Å². The number of hydrazine groups is 1. The Morgan fingerprint density at radius 2 is 1.62 bits per heavy atom. The Hall–Kier alpha value is -0.0800. The molecule has 0 radical (unpaired) electrons. The second-order valence-electron chi connectivity index (χ2n) is 4.26. The summed E-state index contributed by atoms with van der Waals surface area (Å²) >= 11 is 0. The van der Waals surface area contributed by atoms with Crippen LogP contribution in [0, 0.1) is 5.92 Å². The molecule has 1 saturated carbocycles. The van der Waals surface area contributed by atoms with Gasteiger partial charge in [0.1, 0.15) is 0 Å². The van der Waals surface area contributed by atoms with Crippen LogP contribution in [-0.2, 0) is 0 Å². The monoisotopic (exact) mass is 184 g/mol. The standard InChI is InChI=1S/C11H24N2/c1-4-13(5-2)12-11-8-6-10(3)7-9-11/h10-12H,4-9H2,1-3H3. The summed E-state index contributed by atoms with van der Waals surface area (Å²) in [5, 5.41) is 2.32. The van der Waals surface area contributed by atoms with Gasteiger partial charge >= 0.3 is 0 Å². The van der Waals surface area contributed by atoms with Gasteiger partial charge in [-0.25, -0.2) is 5.01 Å². The highest BCUT2D eigenvalue weighted by Gasteiger charge is 2.18. The van der Waals surface area contributed by atoms with Gasteiger partial charge in [0, 0.05) is 19.1 Å². The normalized spacial score (nSPS) is 29.5. The molecule has 1 N–H and O–H groups in total. The van der Waals surface area contributed by atoms with Crippen molar-refractivity contribution in [3.63, 3.8) is 0 Å². The minimum absolute atomic E-state index is 0.746. The molecule has 13 heavy (non-hydrogen) atoms. The molecule has 0 bridgehead atoms. The van der Waals surface area contributed by atoms with Crippen LogP contribution >= 0.6 is 0 Å². The highest BCUT2D eigenvalue weighted by atomic mass is 15.5. The molecule has 1 fully saturated rings. The number of hydrogen-bond acceptors (Lipinski definition) is 2. The maximum absolute atomic E-state index is 3.61. The Bertz CT molecular complexity index is 124. The van der Waals surface area contributed by atoms with Crippen LogP contribution in [0.15, 0.2) is 0 Å². The van der Waals surface area contributed by atoms with E-state index in [4.69, 9.17) is 0 Å². The second kappa shape index (κ2) is 5.61. The van der Waals surface area contributed by atoms with E-state index < -0.39 is 0 Å². The molecule has 1 aliphatic rings. The van der Waals surface area contributed by atoms with E-state index in [-0.39, 0.29) is 0 Å². The summed E-state index contributed by atoms with van der Waals surface area (Å²) in [7, 11) is 0. The first-order chi connectivity index (χ1) is 6.26. The van der Waals surface area contributed by atoms with E-state index in [1.165, 1.54) is 25.7 Å². The topological polar surface area (TPSA) is 15.3 Å². The van der Waals surface area contributed by atoms with E-state index in [9.17, 15) is 0 Å². The van der Waals surface area contributed by atoms with E-state index in [2.05, 4.69) is 31.2 Å². The summed E-state index contributed by atoms with van der Waals surface area (Å²) in [6.07, 6.45) is 5.52. The van der Waals surface area contributed by atoms with Gasteiger partial charge in [-0.3, -0.25) is 5.43 Å². The van der Waals surface area contributed by atoms with E-state index in [0.29, 0.717) is 0 Å². The van der Waals surface area contributed by atoms with Crippen molar-refractivity contribution >= 4 is 0 Å². The number of hydrogen-bond donors (Lipinski definition) is 1. The van der Waals surface area contributed by atoms with Crippen molar-refractivity contribution < 1.29 is 0 Å². The predicted molar refractivity (Wildman–Crippen MR) is 57.5 cm³/mol. The van der Waals surface area contributed by atoms with Crippen LogP contribution in [0.25, 0.3) is 0 Å². The summed E-state index contributed by atoms with van der Waals surface area (Å²) in [5.74, 6) is 0.953. The summed E-state index contributed by atoms with van der Waals surface area (Å²) in [6, 6.07) is 0.746. The molecule has 1 aliphatic carbocycles. The first kappa shape index (κ1) is 11.0. The maximum Gasteiger partial charge on any atom is 0.0215 e. The number of nitrogens with one attached hydrogen (secondary N) is 1. The van der Waals surface area contributed by atoms with Crippen molar-refractivity contribution in [1.29, 1.82) is 0 Å². The third-order valence-corrected chi connectivity index (χ3v) is 3.14. The lowest BCUT2D eigenvalue weighted by Gasteiger charge is -2.31. The van der Waals surface area contributed by atoms with Gasteiger partial charge in [-0.2, -0.15) is 0 Å². The molecule has 0 saturated heterocycles. The fourth-order valence-electron chi connectivity index (χ4n) is 2.05. The highest BCUT2D eigenvalue weighted by Crippen LogP contribution is 2.23. The Labute approximate surface area is 82.7 Å². The van der Waals surface area contributed by atoms with Gasteiger partial charge in [0.2, 0.25) is 0 Å².